The number of aryl methyl sites for hydroxylation is 1. The highest BCUT2D eigenvalue weighted by molar-refractivity contribution is 5.91. The SMILES string of the molecule is Cc1cc(CC(OC(=O)N2CCC(N3CCc4ccccc4NC3=O)CC2)C(=O)N2CCN(c3ccc(F)cc3)CC2)cc2oc(=O)[nH]c12. The number of oxazole rings is 1. The summed E-state index contributed by atoms with van der Waals surface area (Å²) >= 11 is 0. The molecule has 4 aromatic rings. The molecule has 7 rings (SSSR count). The fraction of sp³-hybridized carbons (Fsp3) is 0.389. The zero-order valence-corrected chi connectivity index (χ0v) is 27.3. The average Bonchev–Trinajstić information content (AvgIpc) is 3.40. The Balaban J connectivity index is 1.02. The smallest absolute Gasteiger partial charge is 0.417 e. The van der Waals surface area contributed by atoms with Crippen LogP contribution in [0.3, 0.4) is 0 Å². The van der Waals surface area contributed by atoms with Crippen molar-refractivity contribution < 1.29 is 27.9 Å². The van der Waals surface area contributed by atoms with Crippen molar-refractivity contribution in [2.24, 2.45) is 0 Å². The molecule has 1 aromatic heterocycles. The molecule has 13 heteroatoms. The Bertz CT molecular complexity index is 1910. The first-order chi connectivity index (χ1) is 23.7. The highest BCUT2D eigenvalue weighted by Crippen LogP contribution is 2.26. The molecule has 12 nitrogen and oxygen atoms in total. The molecule has 0 saturated carbocycles. The third-order valence-electron chi connectivity index (χ3n) is 9.82. The summed E-state index contributed by atoms with van der Waals surface area (Å²) in [4.78, 5) is 62.5. The maximum absolute atomic E-state index is 14.0. The molecular weight excluding hydrogens is 631 g/mol. The Labute approximate surface area is 282 Å². The number of piperidine rings is 1. The summed E-state index contributed by atoms with van der Waals surface area (Å²) in [5.74, 6) is -1.19. The number of carbonyl (C=O) groups is 3. The summed E-state index contributed by atoms with van der Waals surface area (Å²) in [6.07, 6.45) is 0.326. The van der Waals surface area contributed by atoms with E-state index in [1.54, 1.807) is 28.0 Å². The van der Waals surface area contributed by atoms with Gasteiger partial charge in [-0.1, -0.05) is 24.3 Å². The van der Waals surface area contributed by atoms with Crippen molar-refractivity contribution in [2.45, 2.75) is 44.8 Å². The molecule has 0 spiro atoms. The number of urea groups is 1. The Morgan fingerprint density at radius 3 is 2.43 bits per heavy atom. The first-order valence-corrected chi connectivity index (χ1v) is 16.7. The van der Waals surface area contributed by atoms with Gasteiger partial charge in [-0.05, 0) is 79.3 Å². The number of fused-ring (bicyclic) bond motifs is 2. The number of rotatable bonds is 6. The lowest BCUT2D eigenvalue weighted by molar-refractivity contribution is -0.141. The molecule has 0 radical (unpaired) electrons. The highest BCUT2D eigenvalue weighted by atomic mass is 19.1. The molecule has 1 atom stereocenters. The predicted molar refractivity (Wildman–Crippen MR) is 181 cm³/mol. The Hall–Kier alpha value is -5.33. The van der Waals surface area contributed by atoms with Gasteiger partial charge in [-0.2, -0.15) is 0 Å². The fourth-order valence-corrected chi connectivity index (χ4v) is 7.14. The van der Waals surface area contributed by atoms with Gasteiger partial charge in [-0.3, -0.25) is 9.78 Å². The Kier molecular flexibility index (Phi) is 8.98. The molecule has 256 valence electrons. The standard InChI is InChI=1S/C36H39FN6O6/c1-23-20-24(21-30-32(23)39-35(46)48-30)22-31(33(44)41-18-16-40(17-19-41)27-8-6-26(37)7-9-27)49-36(47)42-13-11-28(12-14-42)43-15-10-25-4-2-3-5-29(25)38-34(43)45/h2-9,20-21,28,31H,10-19,22H2,1H3,(H,38,45)(H,39,46). The minimum absolute atomic E-state index is 0.0288. The van der Waals surface area contributed by atoms with Gasteiger partial charge in [0.2, 0.25) is 0 Å². The number of likely N-dealkylation sites (tertiary alicyclic amines) is 1. The van der Waals surface area contributed by atoms with Gasteiger partial charge in [0.15, 0.2) is 11.7 Å². The van der Waals surface area contributed by atoms with E-state index >= 15 is 0 Å². The minimum atomic E-state index is -1.11. The number of para-hydroxylation sites is 1. The van der Waals surface area contributed by atoms with Gasteiger partial charge < -0.3 is 34.1 Å². The monoisotopic (exact) mass is 670 g/mol. The number of amides is 4. The van der Waals surface area contributed by atoms with Gasteiger partial charge in [0, 0.05) is 69.7 Å². The quantitative estimate of drug-likeness (QED) is 0.309. The lowest BCUT2D eigenvalue weighted by Crippen LogP contribution is -2.54. The molecule has 49 heavy (non-hydrogen) atoms. The molecule has 3 aliphatic heterocycles. The molecule has 2 N–H and O–H groups in total. The van der Waals surface area contributed by atoms with Crippen LogP contribution in [-0.4, -0.2) is 95.7 Å². The molecule has 4 amide bonds. The molecule has 0 aliphatic carbocycles. The Morgan fingerprint density at radius 2 is 1.67 bits per heavy atom. The second-order valence-electron chi connectivity index (χ2n) is 12.9. The van der Waals surface area contributed by atoms with Crippen LogP contribution in [-0.2, 0) is 22.4 Å². The number of halogens is 1. The third-order valence-corrected chi connectivity index (χ3v) is 9.82. The maximum Gasteiger partial charge on any atom is 0.417 e. The zero-order chi connectivity index (χ0) is 34.1. The number of aromatic amines is 1. The zero-order valence-electron chi connectivity index (χ0n) is 27.3. The second kappa shape index (κ2) is 13.7. The number of hydrogen-bond acceptors (Lipinski definition) is 7. The molecular formula is C36H39FN6O6. The van der Waals surface area contributed by atoms with Crippen molar-refractivity contribution in [3.8, 4) is 0 Å². The lowest BCUT2D eigenvalue weighted by atomic mass is 10.0. The van der Waals surface area contributed by atoms with E-state index in [0.29, 0.717) is 75.3 Å². The summed E-state index contributed by atoms with van der Waals surface area (Å²) in [7, 11) is 0. The number of carbonyl (C=O) groups excluding carboxylic acids is 3. The number of nitrogens with one attached hydrogen (secondary N) is 2. The normalized spacial score (nSPS) is 17.8. The molecule has 3 aromatic carbocycles. The van der Waals surface area contributed by atoms with Gasteiger partial charge >= 0.3 is 17.9 Å². The van der Waals surface area contributed by atoms with Gasteiger partial charge in [-0.15, -0.1) is 0 Å². The molecule has 2 fully saturated rings. The van der Waals surface area contributed by atoms with E-state index in [9.17, 15) is 23.6 Å². The molecule has 0 bridgehead atoms. The number of piperazine rings is 1. The highest BCUT2D eigenvalue weighted by Gasteiger charge is 2.35. The van der Waals surface area contributed by atoms with Crippen LogP contribution in [0.1, 0.15) is 29.5 Å². The molecule has 2 saturated heterocycles. The van der Waals surface area contributed by atoms with E-state index < -0.39 is 18.0 Å². The first-order valence-electron chi connectivity index (χ1n) is 16.7. The average molecular weight is 671 g/mol. The predicted octanol–water partition coefficient (Wildman–Crippen LogP) is 4.52. The van der Waals surface area contributed by atoms with E-state index in [1.807, 2.05) is 42.2 Å². The van der Waals surface area contributed by atoms with Crippen molar-refractivity contribution in [3.05, 3.63) is 93.7 Å². The number of hydrogen-bond donors (Lipinski definition) is 2. The largest absolute Gasteiger partial charge is 0.436 e. The van der Waals surface area contributed by atoms with E-state index in [2.05, 4.69) is 15.2 Å². The summed E-state index contributed by atoms with van der Waals surface area (Å²) in [6.45, 7) is 5.09. The number of anilines is 2. The van der Waals surface area contributed by atoms with Gasteiger partial charge in [0.05, 0.1) is 5.52 Å². The first kappa shape index (κ1) is 32.2. The third kappa shape index (κ3) is 6.96. The Morgan fingerprint density at radius 1 is 0.939 bits per heavy atom. The van der Waals surface area contributed by atoms with Crippen LogP contribution in [0.5, 0.6) is 0 Å². The summed E-state index contributed by atoms with van der Waals surface area (Å²) < 4.78 is 24.8. The van der Waals surface area contributed by atoms with Crippen LogP contribution in [0.4, 0.5) is 25.4 Å². The van der Waals surface area contributed by atoms with Gasteiger partial charge in [-0.25, -0.2) is 18.8 Å². The number of H-pyrrole nitrogens is 1. The molecule has 3 aliphatic rings. The number of benzene rings is 3. The van der Waals surface area contributed by atoms with Crippen LogP contribution in [0, 0.1) is 12.7 Å². The second-order valence-corrected chi connectivity index (χ2v) is 12.9. The van der Waals surface area contributed by atoms with Crippen LogP contribution in [0.2, 0.25) is 0 Å². The fourth-order valence-electron chi connectivity index (χ4n) is 7.14. The van der Waals surface area contributed by atoms with Crippen molar-refractivity contribution in [2.75, 3.05) is 56.0 Å². The van der Waals surface area contributed by atoms with E-state index in [0.717, 1.165) is 28.9 Å². The molecule has 4 heterocycles. The van der Waals surface area contributed by atoms with Gasteiger partial charge in [0.1, 0.15) is 5.82 Å². The maximum atomic E-state index is 14.0. The van der Waals surface area contributed by atoms with E-state index in [4.69, 9.17) is 9.15 Å². The van der Waals surface area contributed by atoms with Crippen molar-refractivity contribution in [3.63, 3.8) is 0 Å². The number of aromatic nitrogens is 1. The van der Waals surface area contributed by atoms with Gasteiger partial charge in [0.25, 0.3) is 5.91 Å². The summed E-state index contributed by atoms with van der Waals surface area (Å²) in [5, 5.41) is 3.02. The van der Waals surface area contributed by atoms with E-state index in [-0.39, 0.29) is 30.2 Å². The van der Waals surface area contributed by atoms with Crippen LogP contribution in [0.25, 0.3) is 11.1 Å². The van der Waals surface area contributed by atoms with Crippen LogP contribution >= 0.6 is 0 Å². The summed E-state index contributed by atoms with van der Waals surface area (Å²) in [5.41, 5.74) is 5.21. The molecule has 1 unspecified atom stereocenters. The van der Waals surface area contributed by atoms with Crippen LogP contribution in [0.15, 0.2) is 69.9 Å². The van der Waals surface area contributed by atoms with Crippen LogP contribution < -0.4 is 16.0 Å². The summed E-state index contributed by atoms with van der Waals surface area (Å²) in [6, 6.07) is 17.4. The number of ether oxygens (including phenoxy) is 1. The lowest BCUT2D eigenvalue weighted by Gasteiger charge is -2.39. The van der Waals surface area contributed by atoms with Crippen molar-refractivity contribution in [1.29, 1.82) is 0 Å². The van der Waals surface area contributed by atoms with Crippen molar-refractivity contribution >= 4 is 40.5 Å². The van der Waals surface area contributed by atoms with Crippen molar-refractivity contribution in [1.82, 2.24) is 19.7 Å². The topological polar surface area (TPSA) is 131 Å². The van der Waals surface area contributed by atoms with E-state index in [1.165, 1.54) is 12.1 Å². The minimum Gasteiger partial charge on any atom is -0.436 e. The number of nitrogens with zero attached hydrogens (tertiary/aromatic N) is 4.